The van der Waals surface area contributed by atoms with Crippen molar-refractivity contribution < 1.29 is 0 Å². The predicted molar refractivity (Wildman–Crippen MR) is 248 cm³/mol. The highest BCUT2D eigenvalue weighted by Gasteiger charge is 2.35. The van der Waals surface area contributed by atoms with Gasteiger partial charge in [-0.15, -0.1) is 0 Å². The van der Waals surface area contributed by atoms with Gasteiger partial charge in [0, 0.05) is 33.4 Å². The summed E-state index contributed by atoms with van der Waals surface area (Å²) in [5, 5.41) is 2.48. The number of para-hydroxylation sites is 3. The fourth-order valence-corrected chi connectivity index (χ4v) is 9.60. The number of imidazole rings is 1. The summed E-state index contributed by atoms with van der Waals surface area (Å²) in [6.45, 7) is 4.72. The Bertz CT molecular complexity index is 3100. The number of hydrogen-bond donors (Lipinski definition) is 0. The Labute approximate surface area is 345 Å². The van der Waals surface area contributed by atoms with Gasteiger partial charge in [0.2, 0.25) is 0 Å². The topological polar surface area (TPSA) is 21.1 Å². The minimum atomic E-state index is -0.0644. The van der Waals surface area contributed by atoms with Crippen LogP contribution in [0.15, 0.2) is 206 Å². The van der Waals surface area contributed by atoms with Crippen molar-refractivity contribution >= 4 is 38.8 Å². The van der Waals surface area contributed by atoms with E-state index in [0.717, 1.165) is 40.2 Å². The third kappa shape index (κ3) is 5.84. The molecule has 0 fully saturated rings. The summed E-state index contributed by atoms with van der Waals surface area (Å²) in [7, 11) is 0. The molecule has 0 aliphatic heterocycles. The first-order valence-electron chi connectivity index (χ1n) is 20.7. The van der Waals surface area contributed by atoms with Gasteiger partial charge in [0.05, 0.1) is 17.1 Å². The van der Waals surface area contributed by atoms with Crippen LogP contribution in [0, 0.1) is 0 Å². The van der Waals surface area contributed by atoms with Gasteiger partial charge >= 0.3 is 0 Å². The molecular formula is C56H43N3. The second-order valence-corrected chi connectivity index (χ2v) is 16.3. The van der Waals surface area contributed by atoms with Crippen molar-refractivity contribution in [3.8, 4) is 39.1 Å². The van der Waals surface area contributed by atoms with Crippen molar-refractivity contribution in [2.24, 2.45) is 0 Å². The molecule has 9 aromatic rings. The van der Waals surface area contributed by atoms with Crippen LogP contribution in [0.4, 0.5) is 11.4 Å². The third-order valence-corrected chi connectivity index (χ3v) is 12.5. The average Bonchev–Trinajstić information content (AvgIpc) is 3.80. The largest absolute Gasteiger partial charge is 0.334 e. The first-order valence-corrected chi connectivity index (χ1v) is 20.7. The number of anilines is 2. The van der Waals surface area contributed by atoms with Crippen LogP contribution in [0.25, 0.3) is 66.4 Å². The van der Waals surface area contributed by atoms with Gasteiger partial charge in [0.25, 0.3) is 0 Å². The summed E-state index contributed by atoms with van der Waals surface area (Å²) >= 11 is 0. The number of fused-ring (bicyclic) bond motifs is 5. The number of rotatable bonds is 7. The zero-order valence-corrected chi connectivity index (χ0v) is 33.3. The highest BCUT2D eigenvalue weighted by molar-refractivity contribution is 6.05. The lowest BCUT2D eigenvalue weighted by Gasteiger charge is -2.34. The zero-order chi connectivity index (χ0) is 39.5. The molecule has 1 aromatic heterocycles. The number of aromatic nitrogens is 2. The predicted octanol–water partition coefficient (Wildman–Crippen LogP) is 14.4. The molecule has 11 rings (SSSR count). The Kier molecular flexibility index (Phi) is 8.30. The zero-order valence-electron chi connectivity index (χ0n) is 33.3. The molecular weight excluding hydrogens is 715 g/mol. The fourth-order valence-electron chi connectivity index (χ4n) is 9.60. The van der Waals surface area contributed by atoms with E-state index in [1.807, 2.05) is 0 Å². The van der Waals surface area contributed by atoms with Crippen LogP contribution >= 0.6 is 0 Å². The first kappa shape index (κ1) is 35.0. The highest BCUT2D eigenvalue weighted by atomic mass is 15.2. The van der Waals surface area contributed by atoms with Gasteiger partial charge in [-0.05, 0) is 105 Å². The van der Waals surface area contributed by atoms with E-state index in [-0.39, 0.29) is 11.5 Å². The SMILES string of the molecule is CC1(C)c2ccccc2-c2ccc(-c3ccc(N(c4ccc(-c5ccccc5)cc4)C4C=CC(c5nc6ccccc6n5-c5ccccc5)=CC4)c4ccccc34)cc21. The molecule has 0 saturated heterocycles. The molecule has 0 radical (unpaired) electrons. The van der Waals surface area contributed by atoms with Crippen molar-refractivity contribution in [1.29, 1.82) is 0 Å². The Morgan fingerprint density at radius 3 is 2.00 bits per heavy atom. The van der Waals surface area contributed by atoms with Crippen LogP contribution in [0.3, 0.4) is 0 Å². The normalized spacial score (nSPS) is 15.2. The number of hydrogen-bond acceptors (Lipinski definition) is 2. The fraction of sp³-hybridized carbons (Fsp3) is 0.0893. The van der Waals surface area contributed by atoms with E-state index >= 15 is 0 Å². The van der Waals surface area contributed by atoms with E-state index in [9.17, 15) is 0 Å². The summed E-state index contributed by atoms with van der Waals surface area (Å²) in [6, 6.07) is 68.4. The van der Waals surface area contributed by atoms with Gasteiger partial charge < -0.3 is 4.90 Å². The highest BCUT2D eigenvalue weighted by Crippen LogP contribution is 2.50. The monoisotopic (exact) mass is 757 g/mol. The molecule has 2 aliphatic rings. The number of allylic oxidation sites excluding steroid dienone is 2. The molecule has 0 bridgehead atoms. The van der Waals surface area contributed by atoms with Crippen LogP contribution in [0.1, 0.15) is 37.2 Å². The maximum absolute atomic E-state index is 5.19. The van der Waals surface area contributed by atoms with E-state index < -0.39 is 0 Å². The summed E-state index contributed by atoms with van der Waals surface area (Å²) in [5.41, 5.74) is 17.0. The van der Waals surface area contributed by atoms with Crippen molar-refractivity contribution in [2.75, 3.05) is 4.90 Å². The quantitative estimate of drug-likeness (QED) is 0.161. The Morgan fingerprint density at radius 2 is 1.20 bits per heavy atom. The summed E-state index contributed by atoms with van der Waals surface area (Å²) in [6.07, 6.45) is 7.84. The molecule has 2 aliphatic carbocycles. The van der Waals surface area contributed by atoms with Crippen molar-refractivity contribution in [3.05, 3.63) is 223 Å². The molecule has 1 atom stereocenters. The van der Waals surface area contributed by atoms with Gasteiger partial charge in [-0.2, -0.15) is 0 Å². The van der Waals surface area contributed by atoms with Gasteiger partial charge in [0.15, 0.2) is 0 Å². The van der Waals surface area contributed by atoms with Crippen LogP contribution in [0.2, 0.25) is 0 Å². The van der Waals surface area contributed by atoms with Crippen molar-refractivity contribution in [1.82, 2.24) is 9.55 Å². The standard InChI is InChI=1S/C56H43N3/c1-56(2)50-22-12-11-20-47(50)48-34-29-41(37-51(48)56)45-35-36-53(49-21-10-9-19-46(45)49)58(43-30-25-39(26-31-43)38-15-5-3-6-16-38)44-32-27-40(28-33-44)55-57-52-23-13-14-24-54(52)59(55)42-17-7-4-8-18-42/h3-32,34-37,44H,33H2,1-2H3. The van der Waals surface area contributed by atoms with E-state index in [4.69, 9.17) is 4.98 Å². The average molecular weight is 758 g/mol. The second-order valence-electron chi connectivity index (χ2n) is 16.3. The summed E-state index contributed by atoms with van der Waals surface area (Å²) in [5.74, 6) is 0.960. The summed E-state index contributed by atoms with van der Waals surface area (Å²) in [4.78, 5) is 7.72. The Hall–Kier alpha value is -7.23. The van der Waals surface area contributed by atoms with Gasteiger partial charge in [-0.25, -0.2) is 4.98 Å². The molecule has 59 heavy (non-hydrogen) atoms. The maximum Gasteiger partial charge on any atom is 0.145 e. The van der Waals surface area contributed by atoms with Crippen molar-refractivity contribution in [3.63, 3.8) is 0 Å². The lowest BCUT2D eigenvalue weighted by Crippen LogP contribution is -2.30. The molecule has 1 heterocycles. The van der Waals surface area contributed by atoms with Crippen molar-refractivity contribution in [2.45, 2.75) is 31.7 Å². The summed E-state index contributed by atoms with van der Waals surface area (Å²) < 4.78 is 2.29. The van der Waals surface area contributed by atoms with Gasteiger partial charge in [-0.1, -0.05) is 172 Å². The minimum absolute atomic E-state index is 0.0644. The lowest BCUT2D eigenvalue weighted by atomic mass is 9.81. The maximum atomic E-state index is 5.19. The molecule has 282 valence electrons. The van der Waals surface area contributed by atoms with Gasteiger partial charge in [0.1, 0.15) is 5.82 Å². The Morgan fingerprint density at radius 1 is 0.559 bits per heavy atom. The van der Waals surface area contributed by atoms with Crippen LogP contribution in [-0.4, -0.2) is 15.6 Å². The first-order chi connectivity index (χ1) is 29.0. The molecule has 1 unspecified atom stereocenters. The number of benzene rings is 8. The molecule has 0 N–H and O–H groups in total. The Balaban J connectivity index is 1.02. The van der Waals surface area contributed by atoms with Crippen LogP contribution in [-0.2, 0) is 5.41 Å². The molecule has 8 aromatic carbocycles. The second kappa shape index (κ2) is 14.0. The van der Waals surface area contributed by atoms with E-state index in [1.54, 1.807) is 0 Å². The van der Waals surface area contributed by atoms with E-state index in [0.29, 0.717) is 0 Å². The van der Waals surface area contributed by atoms with E-state index in [2.05, 4.69) is 230 Å². The van der Waals surface area contributed by atoms with Crippen LogP contribution in [0.5, 0.6) is 0 Å². The molecule has 3 heteroatoms. The van der Waals surface area contributed by atoms with E-state index in [1.165, 1.54) is 61.0 Å². The molecule has 0 spiro atoms. The molecule has 3 nitrogen and oxygen atoms in total. The molecule has 0 amide bonds. The number of nitrogens with zero attached hydrogens (tertiary/aromatic N) is 3. The third-order valence-electron chi connectivity index (χ3n) is 12.5. The lowest BCUT2D eigenvalue weighted by molar-refractivity contribution is 0.660. The minimum Gasteiger partial charge on any atom is -0.334 e. The smallest absolute Gasteiger partial charge is 0.145 e. The van der Waals surface area contributed by atoms with Crippen LogP contribution < -0.4 is 4.90 Å². The van der Waals surface area contributed by atoms with Gasteiger partial charge in [-0.3, -0.25) is 4.57 Å². The molecule has 0 saturated carbocycles.